The lowest BCUT2D eigenvalue weighted by atomic mass is 10.1. The third-order valence-electron chi connectivity index (χ3n) is 4.09. The van der Waals surface area contributed by atoms with Gasteiger partial charge in [0.15, 0.2) is 0 Å². The average Bonchev–Trinajstić information content (AvgIpc) is 2.65. The van der Waals surface area contributed by atoms with Gasteiger partial charge in [-0.2, -0.15) is 0 Å². The number of aromatic nitrogens is 1. The van der Waals surface area contributed by atoms with Crippen molar-refractivity contribution in [2.24, 2.45) is 0 Å². The van der Waals surface area contributed by atoms with Crippen LogP contribution in [-0.2, 0) is 11.3 Å². The van der Waals surface area contributed by atoms with Crippen LogP contribution in [0.2, 0.25) is 0 Å². The van der Waals surface area contributed by atoms with E-state index in [1.807, 2.05) is 61.5 Å². The number of carbonyl (C=O) groups is 1. The summed E-state index contributed by atoms with van der Waals surface area (Å²) in [6, 6.07) is 17.3. The minimum atomic E-state index is -0.242. The Morgan fingerprint density at radius 2 is 2.04 bits per heavy atom. The molecule has 0 saturated carbocycles. The zero-order valence-corrected chi connectivity index (χ0v) is 14.3. The van der Waals surface area contributed by atoms with Crippen LogP contribution in [0.1, 0.15) is 24.2 Å². The number of nitrogens with zero attached hydrogens (tertiary/aromatic N) is 1. The molecule has 0 saturated heterocycles. The normalized spacial score (nSPS) is 11.9. The fraction of sp³-hybridized carbons (Fsp3) is 0.200. The Kier molecular flexibility index (Phi) is 5.26. The van der Waals surface area contributed by atoms with E-state index in [1.54, 1.807) is 13.3 Å². The Bertz CT molecular complexity index is 879. The number of hydrogen-bond donors (Lipinski definition) is 2. The molecule has 0 aliphatic heterocycles. The van der Waals surface area contributed by atoms with Crippen LogP contribution in [0.3, 0.4) is 0 Å². The van der Waals surface area contributed by atoms with E-state index in [0.29, 0.717) is 6.54 Å². The molecule has 5 heteroatoms. The first-order valence-electron chi connectivity index (χ1n) is 8.17. The van der Waals surface area contributed by atoms with Crippen molar-refractivity contribution >= 4 is 22.6 Å². The van der Waals surface area contributed by atoms with E-state index in [4.69, 9.17) is 4.74 Å². The quantitative estimate of drug-likeness (QED) is 0.732. The van der Waals surface area contributed by atoms with E-state index in [9.17, 15) is 4.79 Å². The number of rotatable bonds is 5. The molecule has 0 unspecified atom stereocenters. The molecule has 0 fully saturated rings. The average molecular weight is 335 g/mol. The van der Waals surface area contributed by atoms with Gasteiger partial charge in [-0.1, -0.05) is 24.3 Å². The highest BCUT2D eigenvalue weighted by molar-refractivity contribution is 5.89. The van der Waals surface area contributed by atoms with Gasteiger partial charge in [0, 0.05) is 30.9 Å². The van der Waals surface area contributed by atoms with Gasteiger partial charge in [-0.25, -0.2) is 4.79 Å². The highest BCUT2D eigenvalue weighted by atomic mass is 16.5. The van der Waals surface area contributed by atoms with E-state index in [1.165, 1.54) is 0 Å². The summed E-state index contributed by atoms with van der Waals surface area (Å²) in [6.45, 7) is 2.42. The Morgan fingerprint density at radius 1 is 1.16 bits per heavy atom. The van der Waals surface area contributed by atoms with E-state index in [-0.39, 0.29) is 12.1 Å². The summed E-state index contributed by atoms with van der Waals surface area (Å²) in [6.07, 6.45) is 1.75. The van der Waals surface area contributed by atoms with Crippen LogP contribution >= 0.6 is 0 Å². The first-order chi connectivity index (χ1) is 12.2. The second-order valence-corrected chi connectivity index (χ2v) is 5.84. The minimum Gasteiger partial charge on any atom is -0.377 e. The number of methoxy groups -OCH3 is 1. The van der Waals surface area contributed by atoms with Crippen molar-refractivity contribution in [3.8, 4) is 0 Å². The second-order valence-electron chi connectivity index (χ2n) is 5.84. The van der Waals surface area contributed by atoms with E-state index in [2.05, 4.69) is 15.6 Å². The third kappa shape index (κ3) is 4.33. The van der Waals surface area contributed by atoms with Crippen LogP contribution in [0.25, 0.3) is 10.9 Å². The van der Waals surface area contributed by atoms with Gasteiger partial charge in [-0.15, -0.1) is 0 Å². The van der Waals surface area contributed by atoms with Crippen molar-refractivity contribution < 1.29 is 9.53 Å². The van der Waals surface area contributed by atoms with Crippen molar-refractivity contribution in [2.45, 2.75) is 19.6 Å². The smallest absolute Gasteiger partial charge is 0.319 e. The lowest BCUT2D eigenvalue weighted by molar-refractivity contribution is 0.119. The standard InChI is InChI=1S/C20H21N3O2/c1-14(25-2)16-5-3-7-18(12-16)23-20(24)22-13-15-8-9-19-17(11-15)6-4-10-21-19/h3-12,14H,13H2,1-2H3,(H2,22,23,24)/t14-/m0/s1. The Labute approximate surface area is 147 Å². The van der Waals surface area contributed by atoms with Gasteiger partial charge in [-0.3, -0.25) is 4.98 Å². The highest BCUT2D eigenvalue weighted by Gasteiger charge is 2.07. The molecule has 1 atom stereocenters. The number of anilines is 1. The zero-order valence-electron chi connectivity index (χ0n) is 14.3. The maximum atomic E-state index is 12.1. The van der Waals surface area contributed by atoms with Crippen LogP contribution < -0.4 is 10.6 Å². The maximum Gasteiger partial charge on any atom is 0.319 e. The van der Waals surface area contributed by atoms with Crippen LogP contribution in [0.5, 0.6) is 0 Å². The minimum absolute atomic E-state index is 0.0176. The zero-order chi connectivity index (χ0) is 17.6. The Morgan fingerprint density at radius 3 is 2.88 bits per heavy atom. The molecule has 0 aliphatic carbocycles. The summed E-state index contributed by atoms with van der Waals surface area (Å²) in [5.74, 6) is 0. The van der Waals surface area contributed by atoms with Gasteiger partial charge in [0.05, 0.1) is 11.6 Å². The predicted octanol–water partition coefficient (Wildman–Crippen LogP) is 4.26. The topological polar surface area (TPSA) is 63.2 Å². The maximum absolute atomic E-state index is 12.1. The molecule has 1 heterocycles. The van der Waals surface area contributed by atoms with Crippen molar-refractivity contribution in [1.82, 2.24) is 10.3 Å². The molecule has 3 rings (SSSR count). The van der Waals surface area contributed by atoms with E-state index in [0.717, 1.165) is 27.7 Å². The molecule has 1 aromatic heterocycles. The lowest BCUT2D eigenvalue weighted by Gasteiger charge is -2.12. The molecule has 0 aliphatic rings. The monoisotopic (exact) mass is 335 g/mol. The molecule has 2 N–H and O–H groups in total. The molecular weight excluding hydrogens is 314 g/mol. The van der Waals surface area contributed by atoms with Gasteiger partial charge in [0.25, 0.3) is 0 Å². The molecule has 3 aromatic rings. The van der Waals surface area contributed by atoms with Crippen LogP contribution in [0, 0.1) is 0 Å². The molecule has 0 bridgehead atoms. The summed E-state index contributed by atoms with van der Waals surface area (Å²) in [7, 11) is 1.66. The van der Waals surface area contributed by atoms with Crippen LogP contribution in [0.4, 0.5) is 10.5 Å². The first kappa shape index (κ1) is 16.9. The van der Waals surface area contributed by atoms with Gasteiger partial charge in [0.1, 0.15) is 0 Å². The van der Waals surface area contributed by atoms with E-state index < -0.39 is 0 Å². The largest absolute Gasteiger partial charge is 0.377 e. The molecular formula is C20H21N3O2. The van der Waals surface area contributed by atoms with Crippen molar-refractivity contribution in [1.29, 1.82) is 0 Å². The molecule has 128 valence electrons. The summed E-state index contributed by atoms with van der Waals surface area (Å²) in [5.41, 5.74) is 3.72. The molecule has 0 spiro atoms. The Hall–Kier alpha value is -2.92. The number of carbonyl (C=O) groups excluding carboxylic acids is 1. The first-order valence-corrected chi connectivity index (χ1v) is 8.17. The molecule has 25 heavy (non-hydrogen) atoms. The van der Waals surface area contributed by atoms with Crippen molar-refractivity contribution in [2.75, 3.05) is 12.4 Å². The number of amides is 2. The fourth-order valence-electron chi connectivity index (χ4n) is 2.60. The van der Waals surface area contributed by atoms with Gasteiger partial charge in [-0.05, 0) is 48.4 Å². The van der Waals surface area contributed by atoms with Gasteiger partial charge >= 0.3 is 6.03 Å². The summed E-state index contributed by atoms with van der Waals surface area (Å²) in [4.78, 5) is 16.4. The summed E-state index contributed by atoms with van der Waals surface area (Å²) >= 11 is 0. The van der Waals surface area contributed by atoms with Crippen molar-refractivity contribution in [3.05, 3.63) is 71.9 Å². The van der Waals surface area contributed by atoms with Gasteiger partial charge in [0.2, 0.25) is 0 Å². The number of nitrogens with one attached hydrogen (secondary N) is 2. The molecule has 2 amide bonds. The lowest BCUT2D eigenvalue weighted by Crippen LogP contribution is -2.28. The SMILES string of the molecule is CO[C@@H](C)c1cccc(NC(=O)NCc2ccc3ncccc3c2)c1. The summed E-state index contributed by atoms with van der Waals surface area (Å²) < 4.78 is 5.30. The van der Waals surface area contributed by atoms with Crippen molar-refractivity contribution in [3.63, 3.8) is 0 Å². The summed E-state index contributed by atoms with van der Waals surface area (Å²) in [5, 5.41) is 6.78. The third-order valence-corrected chi connectivity index (χ3v) is 4.09. The predicted molar refractivity (Wildman–Crippen MR) is 99.5 cm³/mol. The molecule has 0 radical (unpaired) electrons. The number of urea groups is 1. The van der Waals surface area contributed by atoms with Crippen LogP contribution in [0.15, 0.2) is 60.8 Å². The number of fused-ring (bicyclic) bond motifs is 1. The number of hydrogen-bond acceptors (Lipinski definition) is 3. The van der Waals surface area contributed by atoms with E-state index >= 15 is 0 Å². The van der Waals surface area contributed by atoms with Crippen LogP contribution in [-0.4, -0.2) is 18.1 Å². The molecule has 2 aromatic carbocycles. The number of pyridine rings is 1. The fourth-order valence-corrected chi connectivity index (χ4v) is 2.60. The number of ether oxygens (including phenoxy) is 1. The highest BCUT2D eigenvalue weighted by Crippen LogP contribution is 2.19. The number of benzene rings is 2. The Balaban J connectivity index is 1.60. The second kappa shape index (κ2) is 7.77. The van der Waals surface area contributed by atoms with Gasteiger partial charge < -0.3 is 15.4 Å². The molecule has 5 nitrogen and oxygen atoms in total.